The number of aromatic amines is 1. The van der Waals surface area contributed by atoms with Gasteiger partial charge in [0.1, 0.15) is 5.82 Å². The molecule has 1 rings (SSSR count). The van der Waals surface area contributed by atoms with Crippen molar-refractivity contribution in [1.29, 1.82) is 0 Å². The fraction of sp³-hybridized carbons (Fsp3) is 0.200. The first-order valence-corrected chi connectivity index (χ1v) is 2.86. The molecule has 6 heteroatoms. The van der Waals surface area contributed by atoms with Gasteiger partial charge in [-0.3, -0.25) is 4.98 Å². The Morgan fingerprint density at radius 1 is 1.64 bits per heavy atom. The number of hydrogen-bond donors (Lipinski definition) is 4. The van der Waals surface area contributed by atoms with Crippen molar-refractivity contribution in [2.45, 2.75) is 6.41 Å². The zero-order chi connectivity index (χ0) is 8.27. The van der Waals surface area contributed by atoms with Crippen molar-refractivity contribution >= 4 is 5.82 Å². The number of anilines is 1. The van der Waals surface area contributed by atoms with Gasteiger partial charge >= 0.3 is 5.69 Å². The Bertz CT molecular complexity index is 282. The smallest absolute Gasteiger partial charge is 0.346 e. The average Bonchev–Trinajstić information content (AvgIpc) is 1.85. The van der Waals surface area contributed by atoms with E-state index in [1.807, 2.05) is 0 Å². The van der Waals surface area contributed by atoms with Gasteiger partial charge in [-0.15, -0.1) is 0 Å². The first-order valence-electron chi connectivity index (χ1n) is 2.86. The largest absolute Gasteiger partial charge is 0.351 e. The molecule has 1 heterocycles. The first-order chi connectivity index (χ1) is 5.18. The SMILES string of the molecule is O=c1nccc(NC(O)O)[nH]1. The Morgan fingerprint density at radius 3 is 2.91 bits per heavy atom. The summed E-state index contributed by atoms with van der Waals surface area (Å²) in [5, 5.41) is 19.0. The number of hydrogen-bond acceptors (Lipinski definition) is 5. The van der Waals surface area contributed by atoms with Gasteiger partial charge in [0.05, 0.1) is 0 Å². The minimum Gasteiger partial charge on any atom is -0.351 e. The Morgan fingerprint density at radius 2 is 2.36 bits per heavy atom. The fourth-order valence-electron chi connectivity index (χ4n) is 0.592. The van der Waals surface area contributed by atoms with Crippen LogP contribution >= 0.6 is 0 Å². The Balaban J connectivity index is 2.80. The van der Waals surface area contributed by atoms with E-state index in [2.05, 4.69) is 15.3 Å². The molecule has 1 aromatic heterocycles. The van der Waals surface area contributed by atoms with Gasteiger partial charge in [-0.25, -0.2) is 9.78 Å². The lowest BCUT2D eigenvalue weighted by Gasteiger charge is -2.05. The van der Waals surface area contributed by atoms with E-state index in [1.165, 1.54) is 12.3 Å². The predicted molar refractivity (Wildman–Crippen MR) is 36.7 cm³/mol. The molecule has 0 spiro atoms. The summed E-state index contributed by atoms with van der Waals surface area (Å²) in [4.78, 5) is 16.1. The molecule has 0 aromatic carbocycles. The summed E-state index contributed by atoms with van der Waals surface area (Å²) in [7, 11) is 0. The molecule has 0 fully saturated rings. The van der Waals surface area contributed by atoms with Gasteiger partial charge < -0.3 is 15.5 Å². The molecule has 0 amide bonds. The molecule has 0 bridgehead atoms. The van der Waals surface area contributed by atoms with Gasteiger partial charge in [0, 0.05) is 6.20 Å². The van der Waals surface area contributed by atoms with Crippen molar-refractivity contribution in [3.63, 3.8) is 0 Å². The monoisotopic (exact) mass is 157 g/mol. The molecule has 0 atom stereocenters. The molecule has 0 radical (unpaired) electrons. The van der Waals surface area contributed by atoms with Gasteiger partial charge in [0.15, 0.2) is 0 Å². The number of aliphatic hydroxyl groups excluding tert-OH is 1. The summed E-state index contributed by atoms with van der Waals surface area (Å²) in [6.07, 6.45) is -0.433. The lowest BCUT2D eigenvalue weighted by atomic mass is 10.6. The second-order valence-corrected chi connectivity index (χ2v) is 1.81. The molecule has 0 aliphatic carbocycles. The van der Waals surface area contributed by atoms with Crippen LogP contribution in [0.4, 0.5) is 5.82 Å². The highest BCUT2D eigenvalue weighted by molar-refractivity contribution is 5.31. The first kappa shape index (κ1) is 7.70. The summed E-state index contributed by atoms with van der Waals surface area (Å²) in [6, 6.07) is 1.40. The van der Waals surface area contributed by atoms with E-state index in [9.17, 15) is 4.79 Å². The van der Waals surface area contributed by atoms with Crippen molar-refractivity contribution in [1.82, 2.24) is 9.97 Å². The Hall–Kier alpha value is -1.40. The molecule has 0 saturated heterocycles. The van der Waals surface area contributed by atoms with Gasteiger partial charge in [-0.1, -0.05) is 0 Å². The third-order valence-corrected chi connectivity index (χ3v) is 0.959. The Labute approximate surface area is 61.5 Å². The third kappa shape index (κ3) is 2.36. The average molecular weight is 157 g/mol. The maximum Gasteiger partial charge on any atom is 0.346 e. The quantitative estimate of drug-likeness (QED) is 0.389. The fourth-order valence-corrected chi connectivity index (χ4v) is 0.592. The molecular weight excluding hydrogens is 150 g/mol. The molecule has 1 aromatic rings. The molecule has 11 heavy (non-hydrogen) atoms. The van der Waals surface area contributed by atoms with E-state index in [1.54, 1.807) is 0 Å². The van der Waals surface area contributed by atoms with Crippen molar-refractivity contribution in [3.05, 3.63) is 22.7 Å². The number of nitrogens with zero attached hydrogens (tertiary/aromatic N) is 1. The summed E-state index contributed by atoms with van der Waals surface area (Å²) in [5.41, 5.74) is -0.546. The number of aromatic nitrogens is 2. The van der Waals surface area contributed by atoms with E-state index in [4.69, 9.17) is 10.2 Å². The molecule has 0 aliphatic rings. The molecule has 6 nitrogen and oxygen atoms in total. The zero-order valence-electron chi connectivity index (χ0n) is 5.48. The molecule has 0 saturated carbocycles. The summed E-state index contributed by atoms with van der Waals surface area (Å²) >= 11 is 0. The second kappa shape index (κ2) is 3.13. The highest BCUT2D eigenvalue weighted by Gasteiger charge is 1.96. The maximum atomic E-state index is 10.5. The van der Waals surface area contributed by atoms with Crippen LogP contribution in [-0.4, -0.2) is 26.6 Å². The second-order valence-electron chi connectivity index (χ2n) is 1.81. The molecule has 4 N–H and O–H groups in total. The summed E-state index contributed by atoms with van der Waals surface area (Å²) < 4.78 is 0. The van der Waals surface area contributed by atoms with Crippen LogP contribution in [0.25, 0.3) is 0 Å². The molecule has 0 aliphatic heterocycles. The van der Waals surface area contributed by atoms with Crippen LogP contribution in [0.5, 0.6) is 0 Å². The number of H-pyrrole nitrogens is 1. The predicted octanol–water partition coefficient (Wildman–Crippen LogP) is -1.55. The van der Waals surface area contributed by atoms with E-state index < -0.39 is 12.1 Å². The van der Waals surface area contributed by atoms with Crippen LogP contribution < -0.4 is 11.0 Å². The molecule has 0 unspecified atom stereocenters. The summed E-state index contributed by atoms with van der Waals surface area (Å²) in [5.74, 6) is 0.208. The van der Waals surface area contributed by atoms with Crippen molar-refractivity contribution in [2.24, 2.45) is 0 Å². The number of aliphatic hydroxyl groups is 2. The van der Waals surface area contributed by atoms with Crippen LogP contribution in [0.3, 0.4) is 0 Å². The lowest BCUT2D eigenvalue weighted by molar-refractivity contribution is -0.0150. The topological polar surface area (TPSA) is 98.2 Å². The van der Waals surface area contributed by atoms with Crippen molar-refractivity contribution in [3.8, 4) is 0 Å². The number of nitrogens with one attached hydrogen (secondary N) is 2. The van der Waals surface area contributed by atoms with Crippen molar-refractivity contribution < 1.29 is 10.2 Å². The highest BCUT2D eigenvalue weighted by atomic mass is 16.5. The van der Waals surface area contributed by atoms with Crippen LogP contribution in [0.1, 0.15) is 0 Å². The molecular formula is C5H7N3O3. The van der Waals surface area contributed by atoms with Crippen molar-refractivity contribution in [2.75, 3.05) is 5.32 Å². The minimum absolute atomic E-state index is 0.208. The zero-order valence-corrected chi connectivity index (χ0v) is 5.48. The number of rotatable bonds is 2. The third-order valence-electron chi connectivity index (χ3n) is 0.959. The summed E-state index contributed by atoms with van der Waals surface area (Å²) in [6.45, 7) is 0. The van der Waals surface area contributed by atoms with Crippen LogP contribution in [-0.2, 0) is 0 Å². The highest BCUT2D eigenvalue weighted by Crippen LogP contribution is 1.95. The van der Waals surface area contributed by atoms with Gasteiger partial charge in [0.25, 0.3) is 0 Å². The Kier molecular flexibility index (Phi) is 2.19. The van der Waals surface area contributed by atoms with Crippen LogP contribution in [0, 0.1) is 0 Å². The van der Waals surface area contributed by atoms with E-state index in [0.717, 1.165) is 0 Å². The van der Waals surface area contributed by atoms with Gasteiger partial charge in [0.2, 0.25) is 6.41 Å². The van der Waals surface area contributed by atoms with Crippen LogP contribution in [0.2, 0.25) is 0 Å². The maximum absolute atomic E-state index is 10.5. The van der Waals surface area contributed by atoms with E-state index >= 15 is 0 Å². The lowest BCUT2D eigenvalue weighted by Crippen LogP contribution is -2.20. The van der Waals surface area contributed by atoms with E-state index in [0.29, 0.717) is 0 Å². The van der Waals surface area contributed by atoms with Gasteiger partial charge in [-0.2, -0.15) is 0 Å². The van der Waals surface area contributed by atoms with Crippen LogP contribution in [0.15, 0.2) is 17.1 Å². The standard InChI is InChI=1S/C5H7N3O3/c9-4-6-2-1-3(7-4)8-5(10)11/h1-2,5,10-11H,(H2,6,7,8,9). The van der Waals surface area contributed by atoms with Gasteiger partial charge in [-0.05, 0) is 6.07 Å². The minimum atomic E-state index is -1.69. The molecule has 60 valence electrons. The van der Waals surface area contributed by atoms with E-state index in [-0.39, 0.29) is 5.82 Å². The normalized spacial score (nSPS) is 10.1.